The molecule has 1 aromatic heterocycles. The summed E-state index contributed by atoms with van der Waals surface area (Å²) in [5, 5.41) is 0.929. The maximum absolute atomic E-state index is 13.3. The lowest BCUT2D eigenvalue weighted by Gasteiger charge is -2.33. The fraction of sp³-hybridized carbons (Fsp3) is 0.526. The van der Waals surface area contributed by atoms with Gasteiger partial charge in [-0.3, -0.25) is 9.69 Å². The van der Waals surface area contributed by atoms with Crippen molar-refractivity contribution in [1.29, 1.82) is 0 Å². The van der Waals surface area contributed by atoms with Gasteiger partial charge in [0.1, 0.15) is 5.82 Å². The Hall–Kier alpha value is -1.92. The molecule has 2 aromatic rings. The minimum Gasteiger partial charge on any atom is -0.379 e. The van der Waals surface area contributed by atoms with Crippen LogP contribution < -0.4 is 0 Å². The highest BCUT2D eigenvalue weighted by molar-refractivity contribution is 5.89. The smallest absolute Gasteiger partial charge is 0.227 e. The quantitative estimate of drug-likeness (QED) is 0.924. The van der Waals surface area contributed by atoms with Crippen molar-refractivity contribution in [2.24, 2.45) is 0 Å². The predicted octanol–water partition coefficient (Wildman–Crippen LogP) is 2.17. The molecule has 0 unspecified atom stereocenters. The molecule has 2 saturated heterocycles. The van der Waals surface area contributed by atoms with Crippen LogP contribution in [0.25, 0.3) is 10.9 Å². The number of hydrogen-bond acceptors (Lipinski definition) is 3. The molecule has 134 valence electrons. The topological polar surface area (TPSA) is 48.6 Å². The Bertz CT molecular complexity index is 754. The minimum atomic E-state index is -0.266. The second-order valence-electron chi connectivity index (χ2n) is 6.98. The Labute approximate surface area is 146 Å². The predicted molar refractivity (Wildman–Crippen MR) is 94.0 cm³/mol. The summed E-state index contributed by atoms with van der Waals surface area (Å²) >= 11 is 0. The number of aromatic amines is 1. The first-order valence-corrected chi connectivity index (χ1v) is 9.06. The van der Waals surface area contributed by atoms with E-state index in [1.165, 1.54) is 12.1 Å². The number of rotatable bonds is 4. The Balaban J connectivity index is 1.43. The van der Waals surface area contributed by atoms with Gasteiger partial charge in [-0.25, -0.2) is 4.39 Å². The van der Waals surface area contributed by atoms with E-state index in [0.29, 0.717) is 12.5 Å². The van der Waals surface area contributed by atoms with E-state index >= 15 is 0 Å². The number of halogens is 1. The van der Waals surface area contributed by atoms with E-state index in [1.807, 2.05) is 11.1 Å². The summed E-state index contributed by atoms with van der Waals surface area (Å²) < 4.78 is 18.7. The van der Waals surface area contributed by atoms with Crippen LogP contribution >= 0.6 is 0 Å². The van der Waals surface area contributed by atoms with Crippen LogP contribution in [0.1, 0.15) is 18.4 Å². The third kappa shape index (κ3) is 3.55. The molecule has 2 fully saturated rings. The van der Waals surface area contributed by atoms with Gasteiger partial charge < -0.3 is 14.6 Å². The molecule has 5 nitrogen and oxygen atoms in total. The van der Waals surface area contributed by atoms with E-state index in [1.54, 1.807) is 6.07 Å². The maximum Gasteiger partial charge on any atom is 0.227 e. The van der Waals surface area contributed by atoms with Gasteiger partial charge in [-0.2, -0.15) is 0 Å². The van der Waals surface area contributed by atoms with E-state index in [0.717, 1.165) is 68.7 Å². The lowest BCUT2D eigenvalue weighted by molar-refractivity contribution is -0.131. The van der Waals surface area contributed by atoms with E-state index in [2.05, 4.69) is 9.88 Å². The number of fused-ring (bicyclic) bond motifs is 1. The Kier molecular flexibility index (Phi) is 4.72. The zero-order chi connectivity index (χ0) is 17.2. The number of aromatic nitrogens is 1. The molecule has 3 heterocycles. The van der Waals surface area contributed by atoms with E-state index in [9.17, 15) is 9.18 Å². The highest BCUT2D eigenvalue weighted by Gasteiger charge is 2.30. The largest absolute Gasteiger partial charge is 0.379 e. The van der Waals surface area contributed by atoms with Crippen molar-refractivity contribution < 1.29 is 13.9 Å². The molecule has 1 atom stereocenters. The molecule has 1 N–H and O–H groups in total. The number of morpholine rings is 1. The average molecular weight is 345 g/mol. The number of ether oxygens (including phenoxy) is 1. The number of benzene rings is 1. The van der Waals surface area contributed by atoms with Crippen LogP contribution in [0.15, 0.2) is 24.4 Å². The van der Waals surface area contributed by atoms with Crippen LogP contribution in [0.4, 0.5) is 4.39 Å². The zero-order valence-electron chi connectivity index (χ0n) is 14.3. The van der Waals surface area contributed by atoms with Gasteiger partial charge in [-0.05, 0) is 36.6 Å². The molecule has 6 heteroatoms. The molecular formula is C19H24FN3O2. The van der Waals surface area contributed by atoms with Crippen molar-refractivity contribution in [2.45, 2.75) is 25.3 Å². The Morgan fingerprint density at radius 1 is 1.28 bits per heavy atom. The van der Waals surface area contributed by atoms with Crippen molar-refractivity contribution >= 4 is 16.8 Å². The second kappa shape index (κ2) is 7.14. The van der Waals surface area contributed by atoms with Gasteiger partial charge in [0.25, 0.3) is 0 Å². The highest BCUT2D eigenvalue weighted by atomic mass is 19.1. The fourth-order valence-electron chi connectivity index (χ4n) is 4.00. The minimum absolute atomic E-state index is 0.168. The summed E-state index contributed by atoms with van der Waals surface area (Å²) in [6.45, 7) is 5.25. The van der Waals surface area contributed by atoms with Crippen LogP contribution in [0, 0.1) is 5.82 Å². The Morgan fingerprint density at radius 2 is 2.12 bits per heavy atom. The molecule has 0 radical (unpaired) electrons. The fourth-order valence-corrected chi connectivity index (χ4v) is 4.00. The summed E-state index contributed by atoms with van der Waals surface area (Å²) in [5.41, 5.74) is 1.69. The van der Waals surface area contributed by atoms with Crippen LogP contribution in [0.5, 0.6) is 0 Å². The van der Waals surface area contributed by atoms with Crippen LogP contribution in [0.2, 0.25) is 0 Å². The van der Waals surface area contributed by atoms with Crippen molar-refractivity contribution in [1.82, 2.24) is 14.8 Å². The molecule has 25 heavy (non-hydrogen) atoms. The van der Waals surface area contributed by atoms with Gasteiger partial charge >= 0.3 is 0 Å². The van der Waals surface area contributed by atoms with Crippen LogP contribution in [0.3, 0.4) is 0 Å². The zero-order valence-corrected chi connectivity index (χ0v) is 14.3. The summed E-state index contributed by atoms with van der Waals surface area (Å²) in [7, 11) is 0. The van der Waals surface area contributed by atoms with Crippen molar-refractivity contribution in [3.63, 3.8) is 0 Å². The first-order valence-electron chi connectivity index (χ1n) is 9.06. The molecular weight excluding hydrogens is 321 g/mol. The van der Waals surface area contributed by atoms with Gasteiger partial charge in [0.05, 0.1) is 19.6 Å². The number of carbonyl (C=O) groups is 1. The number of carbonyl (C=O) groups excluding carboxylic acids is 1. The number of H-pyrrole nitrogens is 1. The normalized spacial score (nSPS) is 22.0. The van der Waals surface area contributed by atoms with Gasteiger partial charge in [-0.1, -0.05) is 0 Å². The van der Waals surface area contributed by atoms with Gasteiger partial charge in [0, 0.05) is 49.3 Å². The third-order valence-electron chi connectivity index (χ3n) is 5.34. The molecule has 1 aromatic carbocycles. The molecule has 0 spiro atoms. The Morgan fingerprint density at radius 3 is 2.96 bits per heavy atom. The van der Waals surface area contributed by atoms with E-state index in [4.69, 9.17) is 4.74 Å². The van der Waals surface area contributed by atoms with Crippen molar-refractivity contribution in [3.05, 3.63) is 35.8 Å². The lowest BCUT2D eigenvalue weighted by Crippen LogP contribution is -2.47. The monoisotopic (exact) mass is 345 g/mol. The molecule has 0 bridgehead atoms. The van der Waals surface area contributed by atoms with Crippen molar-refractivity contribution in [3.8, 4) is 0 Å². The number of nitrogens with one attached hydrogen (secondary N) is 1. The summed E-state index contributed by atoms with van der Waals surface area (Å²) in [6.07, 6.45) is 4.34. The molecule has 1 amide bonds. The number of hydrogen-bond donors (Lipinski definition) is 1. The SMILES string of the molecule is O=C(Cc1c[nH]c2cc(F)ccc12)N1CCC[C@H]1CN1CCOCC1. The van der Waals surface area contributed by atoms with Crippen LogP contribution in [-0.2, 0) is 16.0 Å². The number of amides is 1. The van der Waals surface area contributed by atoms with Gasteiger partial charge in [0.2, 0.25) is 5.91 Å². The summed E-state index contributed by atoms with van der Waals surface area (Å²) in [5.74, 6) is -0.0988. The van der Waals surface area contributed by atoms with Crippen molar-refractivity contribution in [2.75, 3.05) is 39.4 Å². The molecule has 2 aliphatic heterocycles. The number of nitrogens with zero attached hydrogens (tertiary/aromatic N) is 2. The first kappa shape index (κ1) is 16.5. The average Bonchev–Trinajstić information content (AvgIpc) is 3.23. The second-order valence-corrected chi connectivity index (χ2v) is 6.98. The molecule has 2 aliphatic rings. The first-order chi connectivity index (χ1) is 12.2. The molecule has 0 aliphatic carbocycles. The van der Waals surface area contributed by atoms with E-state index < -0.39 is 0 Å². The van der Waals surface area contributed by atoms with E-state index in [-0.39, 0.29) is 11.7 Å². The number of likely N-dealkylation sites (tertiary alicyclic amines) is 1. The van der Waals surface area contributed by atoms with Gasteiger partial charge in [0.15, 0.2) is 0 Å². The summed E-state index contributed by atoms with van der Waals surface area (Å²) in [6, 6.07) is 4.97. The summed E-state index contributed by atoms with van der Waals surface area (Å²) in [4.78, 5) is 20.4. The standard InChI is InChI=1S/C19H24FN3O2/c20-15-3-4-17-14(12-21-18(17)11-15)10-19(24)23-5-1-2-16(23)13-22-6-8-25-9-7-22/h3-4,11-12,16,21H,1-2,5-10,13H2/t16-/m0/s1. The van der Waals surface area contributed by atoms with Gasteiger partial charge in [-0.15, -0.1) is 0 Å². The van der Waals surface area contributed by atoms with Crippen LogP contribution in [-0.4, -0.2) is 66.1 Å². The molecule has 4 rings (SSSR count). The lowest BCUT2D eigenvalue weighted by atomic mass is 10.1. The third-order valence-corrected chi connectivity index (χ3v) is 5.34. The highest BCUT2D eigenvalue weighted by Crippen LogP contribution is 2.23. The molecule has 0 saturated carbocycles. The maximum atomic E-state index is 13.3.